The minimum absolute atomic E-state index is 0.0678. The van der Waals surface area contributed by atoms with Crippen LogP contribution in [0.2, 0.25) is 0 Å². The molecule has 0 unspecified atom stereocenters. The van der Waals surface area contributed by atoms with Crippen molar-refractivity contribution in [2.24, 2.45) is 5.92 Å². The summed E-state index contributed by atoms with van der Waals surface area (Å²) in [7, 11) is 0. The van der Waals surface area contributed by atoms with E-state index in [4.69, 9.17) is 0 Å². The van der Waals surface area contributed by atoms with Gasteiger partial charge in [-0.15, -0.1) is 0 Å². The molecule has 0 rings (SSSR count). The zero-order valence-electron chi connectivity index (χ0n) is 10.2. The molecule has 0 spiro atoms. The molecule has 0 saturated carbocycles. The number of rotatable bonds is 4. The second-order valence-electron chi connectivity index (χ2n) is 4.97. The van der Waals surface area contributed by atoms with Gasteiger partial charge in [-0.05, 0) is 5.92 Å². The zero-order chi connectivity index (χ0) is 11.4. The molecule has 14 heavy (non-hydrogen) atoms. The summed E-state index contributed by atoms with van der Waals surface area (Å²) in [6.45, 7) is 12.5. The summed E-state index contributed by atoms with van der Waals surface area (Å²) in [4.78, 5) is 11.0. The Labute approximate surface area is 92.2 Å². The molecule has 1 atom stereocenters. The first kappa shape index (κ1) is 13.8. The van der Waals surface area contributed by atoms with Gasteiger partial charge in [-0.25, -0.2) is 0 Å². The SMILES string of the molecule is CC(=O)N[C@@H](CSC(C)(C)C)C(C)C. The molecular weight excluding hydrogens is 194 g/mol. The standard InChI is InChI=1S/C11H23NOS/c1-8(2)10(12-9(3)13)7-14-11(4,5)6/h8,10H,7H2,1-6H3,(H,12,13)/t10-/m0/s1. The molecule has 0 radical (unpaired) electrons. The largest absolute Gasteiger partial charge is 0.353 e. The van der Waals surface area contributed by atoms with E-state index >= 15 is 0 Å². The molecule has 0 aromatic heterocycles. The van der Waals surface area contributed by atoms with Crippen molar-refractivity contribution in [1.82, 2.24) is 5.32 Å². The normalized spacial score (nSPS) is 14.2. The van der Waals surface area contributed by atoms with Crippen LogP contribution in [0.25, 0.3) is 0 Å². The predicted molar refractivity (Wildman–Crippen MR) is 64.7 cm³/mol. The third-order valence-electron chi connectivity index (χ3n) is 1.89. The smallest absolute Gasteiger partial charge is 0.217 e. The highest BCUT2D eigenvalue weighted by atomic mass is 32.2. The third kappa shape index (κ3) is 7.25. The van der Waals surface area contributed by atoms with Crippen LogP contribution >= 0.6 is 11.8 Å². The van der Waals surface area contributed by atoms with Crippen molar-refractivity contribution in [2.75, 3.05) is 5.75 Å². The quantitative estimate of drug-likeness (QED) is 0.784. The molecule has 1 amide bonds. The second-order valence-corrected chi connectivity index (χ2v) is 6.82. The fourth-order valence-corrected chi connectivity index (χ4v) is 2.15. The van der Waals surface area contributed by atoms with Crippen LogP contribution < -0.4 is 5.32 Å². The van der Waals surface area contributed by atoms with Gasteiger partial charge in [-0.3, -0.25) is 4.79 Å². The van der Waals surface area contributed by atoms with Crippen molar-refractivity contribution in [1.29, 1.82) is 0 Å². The van der Waals surface area contributed by atoms with Crippen LogP contribution in [0.1, 0.15) is 41.5 Å². The topological polar surface area (TPSA) is 29.1 Å². The Bertz CT molecular complexity index is 184. The van der Waals surface area contributed by atoms with Crippen LogP contribution in [-0.4, -0.2) is 22.4 Å². The Morgan fingerprint density at radius 1 is 1.36 bits per heavy atom. The monoisotopic (exact) mass is 217 g/mol. The van der Waals surface area contributed by atoms with Crippen LogP contribution in [0.5, 0.6) is 0 Å². The highest BCUT2D eigenvalue weighted by Crippen LogP contribution is 2.25. The van der Waals surface area contributed by atoms with Crippen LogP contribution in [0.4, 0.5) is 0 Å². The van der Waals surface area contributed by atoms with Gasteiger partial charge >= 0.3 is 0 Å². The first-order valence-electron chi connectivity index (χ1n) is 5.13. The van der Waals surface area contributed by atoms with Gasteiger partial charge in [0.15, 0.2) is 0 Å². The van der Waals surface area contributed by atoms with Crippen LogP contribution in [0.15, 0.2) is 0 Å². The maximum Gasteiger partial charge on any atom is 0.217 e. The van der Waals surface area contributed by atoms with Crippen LogP contribution in [0, 0.1) is 5.92 Å². The molecule has 2 nitrogen and oxygen atoms in total. The molecule has 0 bridgehead atoms. The number of carbonyl (C=O) groups excluding carboxylic acids is 1. The molecule has 0 aliphatic carbocycles. The molecule has 0 aliphatic rings. The van der Waals surface area contributed by atoms with Crippen molar-refractivity contribution in [3.8, 4) is 0 Å². The van der Waals surface area contributed by atoms with Crippen molar-refractivity contribution < 1.29 is 4.79 Å². The van der Waals surface area contributed by atoms with Gasteiger partial charge in [-0.1, -0.05) is 34.6 Å². The summed E-state index contributed by atoms with van der Waals surface area (Å²) in [6, 6.07) is 0.289. The molecule has 0 heterocycles. The zero-order valence-corrected chi connectivity index (χ0v) is 11.0. The average molecular weight is 217 g/mol. The van der Waals surface area contributed by atoms with Gasteiger partial charge in [0.25, 0.3) is 0 Å². The minimum Gasteiger partial charge on any atom is -0.353 e. The van der Waals surface area contributed by atoms with E-state index in [9.17, 15) is 4.79 Å². The molecule has 3 heteroatoms. The van der Waals surface area contributed by atoms with Gasteiger partial charge in [0.05, 0.1) is 0 Å². The lowest BCUT2D eigenvalue weighted by molar-refractivity contribution is -0.119. The van der Waals surface area contributed by atoms with Gasteiger partial charge in [0.1, 0.15) is 0 Å². The predicted octanol–water partition coefficient (Wildman–Crippen LogP) is 2.68. The first-order chi connectivity index (χ1) is 6.22. The van der Waals surface area contributed by atoms with E-state index in [0.29, 0.717) is 5.92 Å². The van der Waals surface area contributed by atoms with E-state index in [-0.39, 0.29) is 16.7 Å². The molecule has 0 aromatic rings. The van der Waals surface area contributed by atoms with E-state index in [1.54, 1.807) is 6.92 Å². The summed E-state index contributed by atoms with van der Waals surface area (Å²) in [5.41, 5.74) is 0. The lowest BCUT2D eigenvalue weighted by atomic mass is 10.1. The number of hydrogen-bond acceptors (Lipinski definition) is 2. The van der Waals surface area contributed by atoms with Crippen molar-refractivity contribution in [2.45, 2.75) is 52.3 Å². The molecule has 0 aliphatic heterocycles. The number of amides is 1. The fourth-order valence-electron chi connectivity index (χ4n) is 1.00. The molecule has 0 fully saturated rings. The van der Waals surface area contributed by atoms with Crippen molar-refractivity contribution in [3.05, 3.63) is 0 Å². The summed E-state index contributed by atoms with van der Waals surface area (Å²) >= 11 is 1.90. The van der Waals surface area contributed by atoms with Crippen LogP contribution in [-0.2, 0) is 4.79 Å². The summed E-state index contributed by atoms with van der Waals surface area (Å²) in [5, 5.41) is 2.99. The van der Waals surface area contributed by atoms with E-state index in [1.165, 1.54) is 0 Å². The van der Waals surface area contributed by atoms with Gasteiger partial charge < -0.3 is 5.32 Å². The number of hydrogen-bond donors (Lipinski definition) is 1. The average Bonchev–Trinajstić information content (AvgIpc) is 1.94. The van der Waals surface area contributed by atoms with Crippen LogP contribution in [0.3, 0.4) is 0 Å². The summed E-state index contributed by atoms with van der Waals surface area (Å²) < 4.78 is 0.269. The van der Waals surface area contributed by atoms with Gasteiger partial charge in [0, 0.05) is 23.5 Å². The number of nitrogens with one attached hydrogen (secondary N) is 1. The van der Waals surface area contributed by atoms with Crippen molar-refractivity contribution in [3.63, 3.8) is 0 Å². The van der Waals surface area contributed by atoms with E-state index in [2.05, 4.69) is 39.9 Å². The molecule has 1 N–H and O–H groups in total. The third-order valence-corrected chi connectivity index (χ3v) is 3.28. The van der Waals surface area contributed by atoms with Crippen molar-refractivity contribution >= 4 is 17.7 Å². The molecule has 84 valence electrons. The van der Waals surface area contributed by atoms with E-state index in [1.807, 2.05) is 11.8 Å². The lowest BCUT2D eigenvalue weighted by Crippen LogP contribution is -2.39. The highest BCUT2D eigenvalue weighted by molar-refractivity contribution is 8.00. The first-order valence-corrected chi connectivity index (χ1v) is 6.12. The Balaban J connectivity index is 4.04. The Morgan fingerprint density at radius 3 is 2.14 bits per heavy atom. The number of thioether (sulfide) groups is 1. The molecular formula is C11H23NOS. The lowest BCUT2D eigenvalue weighted by Gasteiger charge is -2.25. The fraction of sp³-hybridized carbons (Fsp3) is 0.909. The van der Waals surface area contributed by atoms with E-state index in [0.717, 1.165) is 5.75 Å². The highest BCUT2D eigenvalue weighted by Gasteiger charge is 2.18. The maximum absolute atomic E-state index is 11.0. The summed E-state index contributed by atoms with van der Waals surface area (Å²) in [6.07, 6.45) is 0. The van der Waals surface area contributed by atoms with Gasteiger partial charge in [0.2, 0.25) is 5.91 Å². The molecule has 0 aromatic carbocycles. The Kier molecular flexibility index (Phi) is 5.57. The minimum atomic E-state index is 0.0678. The Morgan fingerprint density at radius 2 is 1.86 bits per heavy atom. The maximum atomic E-state index is 11.0. The Hall–Kier alpha value is -0.180. The second kappa shape index (κ2) is 5.64. The number of carbonyl (C=O) groups is 1. The molecule has 0 saturated heterocycles. The van der Waals surface area contributed by atoms with Gasteiger partial charge in [-0.2, -0.15) is 11.8 Å². The summed E-state index contributed by atoms with van der Waals surface area (Å²) in [5.74, 6) is 1.55. The van der Waals surface area contributed by atoms with E-state index < -0.39 is 0 Å².